The minimum Gasteiger partial charge on any atom is -0.379 e. The van der Waals surface area contributed by atoms with Crippen LogP contribution in [0.5, 0.6) is 0 Å². The van der Waals surface area contributed by atoms with Crippen molar-refractivity contribution >= 4 is 11.6 Å². The number of carbonyl (C=O) groups is 1. The van der Waals surface area contributed by atoms with Gasteiger partial charge in [-0.2, -0.15) is 0 Å². The van der Waals surface area contributed by atoms with Crippen LogP contribution < -0.4 is 16.5 Å². The maximum absolute atomic E-state index is 12.2. The van der Waals surface area contributed by atoms with Crippen molar-refractivity contribution in [3.8, 4) is 0 Å². The molecule has 5 heteroatoms. The molecule has 0 bridgehead atoms. The van der Waals surface area contributed by atoms with Crippen molar-refractivity contribution in [1.82, 2.24) is 9.88 Å². The summed E-state index contributed by atoms with van der Waals surface area (Å²) in [5, 5.41) is 3.42. The van der Waals surface area contributed by atoms with Gasteiger partial charge in [0.2, 0.25) is 0 Å². The molecule has 3 rings (SSSR count). The molecular formula is C15H19N3O2. The Kier molecular flexibility index (Phi) is 2.92. The molecule has 0 radical (unpaired) electrons. The largest absolute Gasteiger partial charge is 0.379 e. The Morgan fingerprint density at radius 2 is 2.15 bits per heavy atom. The van der Waals surface area contributed by atoms with E-state index < -0.39 is 5.91 Å². The number of hydrogen-bond acceptors (Lipinski definition) is 3. The topological polar surface area (TPSA) is 77.1 Å². The second kappa shape index (κ2) is 4.51. The maximum atomic E-state index is 12.2. The molecule has 2 heterocycles. The predicted molar refractivity (Wildman–Crippen MR) is 77.4 cm³/mol. The first-order valence-electron chi connectivity index (χ1n) is 7.02. The fourth-order valence-corrected chi connectivity index (χ4v) is 3.49. The van der Waals surface area contributed by atoms with Crippen LogP contribution in [0.15, 0.2) is 17.6 Å². The highest BCUT2D eigenvalue weighted by Crippen LogP contribution is 2.36. The van der Waals surface area contributed by atoms with Gasteiger partial charge in [0.15, 0.2) is 5.43 Å². The Hall–Kier alpha value is -2.04. The summed E-state index contributed by atoms with van der Waals surface area (Å²) in [6, 6.07) is 0.591. The van der Waals surface area contributed by atoms with Crippen LogP contribution >= 0.6 is 0 Å². The number of nitrogens with zero attached hydrogens (tertiary/aromatic N) is 1. The van der Waals surface area contributed by atoms with Crippen molar-refractivity contribution in [1.29, 1.82) is 0 Å². The summed E-state index contributed by atoms with van der Waals surface area (Å²) in [4.78, 5) is 23.7. The van der Waals surface area contributed by atoms with Gasteiger partial charge in [-0.3, -0.25) is 9.59 Å². The first kappa shape index (κ1) is 13.0. The molecule has 0 saturated heterocycles. The quantitative estimate of drug-likeness (QED) is 0.810. The summed E-state index contributed by atoms with van der Waals surface area (Å²) in [6.45, 7) is 5.77. The highest BCUT2D eigenvalue weighted by Gasteiger charge is 2.34. The summed E-state index contributed by atoms with van der Waals surface area (Å²) in [5.74, 6) is -0.662. The molecule has 1 amide bonds. The van der Waals surface area contributed by atoms with Gasteiger partial charge < -0.3 is 15.6 Å². The Balaban J connectivity index is 2.24. The lowest BCUT2D eigenvalue weighted by molar-refractivity contribution is 0.0997. The molecule has 1 saturated carbocycles. The van der Waals surface area contributed by atoms with Crippen LogP contribution in [0.3, 0.4) is 0 Å². The van der Waals surface area contributed by atoms with Gasteiger partial charge >= 0.3 is 0 Å². The fraction of sp³-hybridized carbons (Fsp3) is 0.467. The number of carbonyl (C=O) groups excluding carboxylic acids is 1. The van der Waals surface area contributed by atoms with Crippen molar-refractivity contribution in [2.45, 2.75) is 44.7 Å². The average Bonchev–Trinajstić information content (AvgIpc) is 2.41. The van der Waals surface area contributed by atoms with Crippen molar-refractivity contribution < 1.29 is 4.79 Å². The molecule has 5 nitrogen and oxygen atoms in total. The minimum absolute atomic E-state index is 0.0743. The smallest absolute Gasteiger partial charge is 0.254 e. The minimum atomic E-state index is -0.662. The molecule has 106 valence electrons. The van der Waals surface area contributed by atoms with Gasteiger partial charge in [0.05, 0.1) is 17.4 Å². The molecule has 1 aromatic heterocycles. The number of aromatic nitrogens is 1. The number of nitrogens with two attached hydrogens (primary N) is 1. The number of hydrogen-bond donors (Lipinski definition) is 2. The van der Waals surface area contributed by atoms with Crippen LogP contribution in [-0.4, -0.2) is 16.5 Å². The van der Waals surface area contributed by atoms with Gasteiger partial charge in [-0.25, -0.2) is 0 Å². The summed E-state index contributed by atoms with van der Waals surface area (Å²) in [5.41, 5.74) is 7.23. The Labute approximate surface area is 117 Å². The lowest BCUT2D eigenvalue weighted by Gasteiger charge is -2.41. The van der Waals surface area contributed by atoms with Crippen molar-refractivity contribution in [2.24, 2.45) is 5.73 Å². The van der Waals surface area contributed by atoms with Crippen molar-refractivity contribution in [2.75, 3.05) is 0 Å². The Morgan fingerprint density at radius 3 is 2.85 bits per heavy atom. The predicted octanol–water partition coefficient (Wildman–Crippen LogP) is 1.31. The van der Waals surface area contributed by atoms with Crippen LogP contribution in [0, 0.1) is 6.92 Å². The zero-order valence-corrected chi connectivity index (χ0v) is 11.6. The standard InChI is InChI=1S/C15H19N3O2/c1-8-13-9(2)17-11-5-3-4-6-12(11)18(13)7-10(14(8)19)15(16)20/h7,11-12,17H,2-6H2,1H3,(H2,16,20)/t11-,12-/m1/s1. The third-order valence-electron chi connectivity index (χ3n) is 4.46. The lowest BCUT2D eigenvalue weighted by atomic mass is 9.87. The van der Waals surface area contributed by atoms with Gasteiger partial charge in [0, 0.05) is 17.8 Å². The van der Waals surface area contributed by atoms with Crippen molar-refractivity contribution in [3.63, 3.8) is 0 Å². The highest BCUT2D eigenvalue weighted by atomic mass is 16.2. The third-order valence-corrected chi connectivity index (χ3v) is 4.46. The van der Waals surface area contributed by atoms with E-state index in [0.29, 0.717) is 11.6 Å². The summed E-state index contributed by atoms with van der Waals surface area (Å²) in [6.07, 6.45) is 6.10. The molecule has 3 N–H and O–H groups in total. The second-order valence-corrected chi connectivity index (χ2v) is 5.70. The molecular weight excluding hydrogens is 254 g/mol. The molecule has 2 atom stereocenters. The van der Waals surface area contributed by atoms with E-state index >= 15 is 0 Å². The molecule has 2 aliphatic rings. The molecule has 20 heavy (non-hydrogen) atoms. The second-order valence-electron chi connectivity index (χ2n) is 5.70. The lowest BCUT2D eigenvalue weighted by Crippen LogP contribution is -2.45. The zero-order valence-electron chi connectivity index (χ0n) is 11.6. The number of nitrogens with one attached hydrogen (secondary N) is 1. The van der Waals surface area contributed by atoms with E-state index in [-0.39, 0.29) is 17.0 Å². The normalized spacial score (nSPS) is 24.6. The zero-order chi connectivity index (χ0) is 14.4. The number of rotatable bonds is 1. The Morgan fingerprint density at radius 1 is 1.45 bits per heavy atom. The van der Waals surface area contributed by atoms with Crippen molar-refractivity contribution in [3.05, 3.63) is 39.8 Å². The summed E-state index contributed by atoms with van der Waals surface area (Å²) < 4.78 is 2.04. The number of fused-ring (bicyclic) bond motifs is 3. The van der Waals surface area contributed by atoms with E-state index in [4.69, 9.17) is 5.73 Å². The third kappa shape index (κ3) is 1.77. The average molecular weight is 273 g/mol. The molecule has 0 aromatic carbocycles. The van der Waals surface area contributed by atoms with Gasteiger partial charge in [-0.15, -0.1) is 0 Å². The Bertz CT molecular complexity index is 660. The van der Waals surface area contributed by atoms with Gasteiger partial charge in [0.1, 0.15) is 5.56 Å². The monoisotopic (exact) mass is 273 g/mol. The van der Waals surface area contributed by atoms with Gasteiger partial charge in [-0.05, 0) is 19.8 Å². The van der Waals surface area contributed by atoms with E-state index in [9.17, 15) is 9.59 Å². The molecule has 1 fully saturated rings. The molecule has 1 aliphatic carbocycles. The number of primary amides is 1. The van der Waals surface area contributed by atoms with E-state index in [0.717, 1.165) is 30.7 Å². The van der Waals surface area contributed by atoms with Crippen LogP contribution in [-0.2, 0) is 0 Å². The fourth-order valence-electron chi connectivity index (χ4n) is 3.49. The van der Waals surface area contributed by atoms with E-state index in [1.807, 2.05) is 4.57 Å². The van der Waals surface area contributed by atoms with Crippen LogP contribution in [0.4, 0.5) is 0 Å². The van der Waals surface area contributed by atoms with Gasteiger partial charge in [-0.1, -0.05) is 19.4 Å². The first-order chi connectivity index (χ1) is 9.50. The van der Waals surface area contributed by atoms with E-state index in [1.165, 1.54) is 6.42 Å². The number of amides is 1. The molecule has 0 unspecified atom stereocenters. The molecule has 0 spiro atoms. The first-order valence-corrected chi connectivity index (χ1v) is 7.02. The van der Waals surface area contributed by atoms with Crippen LogP contribution in [0.25, 0.3) is 5.70 Å². The highest BCUT2D eigenvalue weighted by molar-refractivity contribution is 5.93. The van der Waals surface area contributed by atoms with Crippen LogP contribution in [0.2, 0.25) is 0 Å². The van der Waals surface area contributed by atoms with Crippen LogP contribution in [0.1, 0.15) is 53.3 Å². The molecule has 1 aromatic rings. The SMILES string of the molecule is C=C1N[C@@H]2CCCC[C@H]2n2cc(C(N)=O)c(=O)c(C)c21. The molecule has 1 aliphatic heterocycles. The van der Waals surface area contributed by atoms with E-state index in [1.54, 1.807) is 13.1 Å². The van der Waals surface area contributed by atoms with E-state index in [2.05, 4.69) is 11.9 Å². The van der Waals surface area contributed by atoms with Gasteiger partial charge in [0.25, 0.3) is 5.91 Å². The maximum Gasteiger partial charge on any atom is 0.254 e. The number of pyridine rings is 1. The summed E-state index contributed by atoms with van der Waals surface area (Å²) >= 11 is 0. The summed E-state index contributed by atoms with van der Waals surface area (Å²) in [7, 11) is 0.